The molecule has 0 spiro atoms. The summed E-state index contributed by atoms with van der Waals surface area (Å²) in [5, 5.41) is 6.73. The van der Waals surface area contributed by atoms with Crippen LogP contribution in [0.2, 0.25) is 0 Å². The fourth-order valence-electron chi connectivity index (χ4n) is 0.767. The molecule has 4 N–H and O–H groups in total. The number of hydrogen-bond acceptors (Lipinski definition) is 5. The van der Waals surface area contributed by atoms with Crippen LogP contribution in [0.1, 0.15) is 0 Å². The minimum atomic E-state index is -0.426. The van der Waals surface area contributed by atoms with Crippen LogP contribution in [-0.4, -0.2) is 25.3 Å². The highest BCUT2D eigenvalue weighted by atomic mass is 16.5. The number of H-pyrrole nitrogens is 1. The van der Waals surface area contributed by atoms with Crippen molar-refractivity contribution in [2.75, 3.05) is 25.1 Å². The molecule has 0 saturated carbocycles. The predicted octanol–water partition coefficient (Wildman–Crippen LogP) is -1.13. The summed E-state index contributed by atoms with van der Waals surface area (Å²) >= 11 is 0. The van der Waals surface area contributed by atoms with Gasteiger partial charge in [-0.25, -0.2) is 15.8 Å². The van der Waals surface area contributed by atoms with E-state index in [9.17, 15) is 4.79 Å². The van der Waals surface area contributed by atoms with E-state index in [0.29, 0.717) is 12.4 Å². The first-order chi connectivity index (χ1) is 5.74. The molecule has 0 amide bonds. The number of hydrogen-bond donors (Lipinski definition) is 3. The van der Waals surface area contributed by atoms with Gasteiger partial charge in [-0.3, -0.25) is 5.01 Å². The molecule has 6 heteroatoms. The van der Waals surface area contributed by atoms with E-state index in [1.165, 1.54) is 11.1 Å². The van der Waals surface area contributed by atoms with Crippen molar-refractivity contribution in [1.29, 1.82) is 0 Å². The maximum atomic E-state index is 10.6. The van der Waals surface area contributed by atoms with Crippen LogP contribution in [-0.2, 0) is 0 Å². The summed E-state index contributed by atoms with van der Waals surface area (Å²) in [6, 6.07) is 1.30. The highest BCUT2D eigenvalue weighted by Crippen LogP contribution is 2.00. The van der Waals surface area contributed by atoms with Crippen LogP contribution >= 0.6 is 0 Å². The number of anilines is 1. The second kappa shape index (κ2) is 3.93. The van der Waals surface area contributed by atoms with Crippen molar-refractivity contribution >= 4 is 5.82 Å². The van der Waals surface area contributed by atoms with Gasteiger partial charge in [0.05, 0.1) is 6.07 Å². The summed E-state index contributed by atoms with van der Waals surface area (Å²) in [4.78, 5) is 10.6. The van der Waals surface area contributed by atoms with Gasteiger partial charge < -0.3 is 9.84 Å². The molecule has 0 aliphatic heterocycles. The number of aromatic nitrogens is 1. The van der Waals surface area contributed by atoms with Crippen LogP contribution < -0.4 is 21.8 Å². The van der Waals surface area contributed by atoms with E-state index in [2.05, 4.69) is 15.0 Å². The third-order valence-corrected chi connectivity index (χ3v) is 1.42. The fourth-order valence-corrected chi connectivity index (χ4v) is 0.767. The Morgan fingerprint density at radius 2 is 2.58 bits per heavy atom. The number of nitrogens with one attached hydrogen (secondary N) is 2. The van der Waals surface area contributed by atoms with E-state index in [0.717, 1.165) is 6.54 Å². The zero-order valence-corrected chi connectivity index (χ0v) is 6.83. The average Bonchev–Trinajstić information content (AvgIpc) is 2.47. The van der Waals surface area contributed by atoms with Gasteiger partial charge in [-0.15, -0.1) is 0 Å². The third kappa shape index (κ3) is 2.11. The molecular weight excluding hydrogens is 160 g/mol. The Labute approximate surface area is 69.3 Å². The smallest absolute Gasteiger partial charge is 0.337 e. The van der Waals surface area contributed by atoms with Crippen molar-refractivity contribution in [2.24, 2.45) is 5.84 Å². The molecule has 0 aliphatic carbocycles. The lowest BCUT2D eigenvalue weighted by Gasteiger charge is -2.14. The van der Waals surface area contributed by atoms with Gasteiger partial charge in [-0.1, -0.05) is 0 Å². The molecule has 6 nitrogen and oxygen atoms in total. The van der Waals surface area contributed by atoms with Gasteiger partial charge in [-0.05, 0) is 7.05 Å². The number of aromatic amines is 1. The minimum absolute atomic E-state index is 0.426. The predicted molar refractivity (Wildman–Crippen MR) is 44.8 cm³/mol. The molecule has 0 fully saturated rings. The molecule has 0 aliphatic rings. The molecule has 0 saturated heterocycles. The lowest BCUT2D eigenvalue weighted by Crippen LogP contribution is -2.36. The molecule has 0 aromatic carbocycles. The average molecular weight is 172 g/mol. The first-order valence-corrected chi connectivity index (χ1v) is 3.59. The highest BCUT2D eigenvalue weighted by molar-refractivity contribution is 5.32. The molecule has 0 radical (unpaired) electrons. The Hall–Kier alpha value is -1.27. The molecule has 1 aromatic rings. The van der Waals surface area contributed by atoms with Crippen molar-refractivity contribution in [1.82, 2.24) is 10.5 Å². The van der Waals surface area contributed by atoms with Crippen molar-refractivity contribution in [3.63, 3.8) is 0 Å². The number of rotatable bonds is 4. The quantitative estimate of drug-likeness (QED) is 0.395. The Morgan fingerprint density at radius 1 is 1.83 bits per heavy atom. The molecular formula is C6H12N4O2. The van der Waals surface area contributed by atoms with Crippen LogP contribution in [0.3, 0.4) is 0 Å². The fraction of sp³-hybridized carbons (Fsp3) is 0.500. The molecule has 0 bridgehead atoms. The Morgan fingerprint density at radius 3 is 3.08 bits per heavy atom. The molecule has 12 heavy (non-hydrogen) atoms. The zero-order valence-electron chi connectivity index (χ0n) is 6.83. The number of likely N-dealkylation sites (N-methyl/N-ethyl adjacent to an activating group) is 1. The summed E-state index contributed by atoms with van der Waals surface area (Å²) < 4.78 is 4.44. The summed E-state index contributed by atoms with van der Waals surface area (Å²) in [5.74, 6) is 6.04. The van der Waals surface area contributed by atoms with Crippen LogP contribution in [0.5, 0.6) is 0 Å². The molecule has 0 atom stereocenters. The number of nitrogens with two attached hydrogens (primary N) is 1. The SMILES string of the molecule is CNCCN(N)c1cc(=O)o[nH]1. The minimum Gasteiger partial charge on any atom is -0.337 e. The van der Waals surface area contributed by atoms with Gasteiger partial charge in [0, 0.05) is 13.1 Å². The summed E-state index contributed by atoms with van der Waals surface area (Å²) in [5.41, 5.74) is -0.426. The summed E-state index contributed by atoms with van der Waals surface area (Å²) in [7, 11) is 1.83. The zero-order chi connectivity index (χ0) is 8.97. The lowest BCUT2D eigenvalue weighted by molar-refractivity contribution is 0.391. The normalized spacial score (nSPS) is 10.2. The number of nitrogens with zero attached hydrogens (tertiary/aromatic N) is 1. The van der Waals surface area contributed by atoms with Gasteiger partial charge in [0.2, 0.25) is 0 Å². The van der Waals surface area contributed by atoms with Gasteiger partial charge in [0.25, 0.3) is 0 Å². The monoisotopic (exact) mass is 172 g/mol. The molecule has 0 unspecified atom stereocenters. The van der Waals surface area contributed by atoms with E-state index in [-0.39, 0.29) is 0 Å². The largest absolute Gasteiger partial charge is 0.359 e. The molecule has 68 valence electrons. The first-order valence-electron chi connectivity index (χ1n) is 3.59. The second-order valence-corrected chi connectivity index (χ2v) is 2.35. The van der Waals surface area contributed by atoms with E-state index >= 15 is 0 Å². The first kappa shape index (κ1) is 8.82. The maximum Gasteiger partial charge on any atom is 0.359 e. The molecule has 1 rings (SSSR count). The Bertz CT molecular complexity index is 279. The van der Waals surface area contributed by atoms with Crippen molar-refractivity contribution < 1.29 is 4.52 Å². The van der Waals surface area contributed by atoms with E-state index < -0.39 is 5.63 Å². The summed E-state index contributed by atoms with van der Waals surface area (Å²) in [6.45, 7) is 1.34. The van der Waals surface area contributed by atoms with E-state index in [1.807, 2.05) is 7.05 Å². The van der Waals surface area contributed by atoms with Gasteiger partial charge >= 0.3 is 5.63 Å². The number of hydrazine groups is 1. The van der Waals surface area contributed by atoms with Crippen molar-refractivity contribution in [3.05, 3.63) is 16.5 Å². The maximum absolute atomic E-state index is 10.6. The van der Waals surface area contributed by atoms with Crippen LogP contribution in [0, 0.1) is 0 Å². The lowest BCUT2D eigenvalue weighted by atomic mass is 10.5. The van der Waals surface area contributed by atoms with Crippen LogP contribution in [0.4, 0.5) is 5.82 Å². The van der Waals surface area contributed by atoms with E-state index in [1.54, 1.807) is 0 Å². The van der Waals surface area contributed by atoms with E-state index in [4.69, 9.17) is 5.84 Å². The second-order valence-electron chi connectivity index (χ2n) is 2.35. The standard InChI is InChI=1S/C6H12N4O2/c1-8-2-3-10(7)5-4-6(11)12-9-5/h4,8-9H,2-3,7H2,1H3. The Kier molecular flexibility index (Phi) is 2.89. The topological polar surface area (TPSA) is 87.3 Å². The van der Waals surface area contributed by atoms with Gasteiger partial charge in [0.1, 0.15) is 0 Å². The van der Waals surface area contributed by atoms with Crippen molar-refractivity contribution in [3.8, 4) is 0 Å². The van der Waals surface area contributed by atoms with Crippen LogP contribution in [0.15, 0.2) is 15.4 Å². The van der Waals surface area contributed by atoms with Crippen molar-refractivity contribution in [2.45, 2.75) is 0 Å². The molecule has 1 heterocycles. The van der Waals surface area contributed by atoms with Gasteiger partial charge in [0.15, 0.2) is 5.82 Å². The Balaban J connectivity index is 2.53. The van der Waals surface area contributed by atoms with Crippen LogP contribution in [0.25, 0.3) is 0 Å². The highest BCUT2D eigenvalue weighted by Gasteiger charge is 2.03. The van der Waals surface area contributed by atoms with Gasteiger partial charge in [-0.2, -0.15) is 0 Å². The molecule has 1 aromatic heterocycles. The third-order valence-electron chi connectivity index (χ3n) is 1.42. The summed E-state index contributed by atoms with van der Waals surface area (Å²) in [6.07, 6.45) is 0.